The van der Waals surface area contributed by atoms with Gasteiger partial charge in [-0.1, -0.05) is 59.6 Å². The molecule has 2 rings (SSSR count). The fraction of sp³-hybridized carbons (Fsp3) is 0.188. The molecule has 2 aromatic carbocycles. The molecule has 21 heavy (non-hydrogen) atoms. The maximum Gasteiger partial charge on any atom is 0.237 e. The summed E-state index contributed by atoms with van der Waals surface area (Å²) in [6.07, 6.45) is 0. The number of para-hydroxylation sites is 1. The molecule has 0 unspecified atom stereocenters. The molecule has 0 saturated carbocycles. The van der Waals surface area contributed by atoms with Crippen molar-refractivity contribution in [3.05, 3.63) is 64.1 Å². The van der Waals surface area contributed by atoms with E-state index in [1.54, 1.807) is 30.0 Å². The molecule has 0 aromatic heterocycles. The summed E-state index contributed by atoms with van der Waals surface area (Å²) in [5, 5.41) is 3.48. The van der Waals surface area contributed by atoms with Crippen molar-refractivity contribution < 1.29 is 4.79 Å². The van der Waals surface area contributed by atoms with Gasteiger partial charge in [-0.2, -0.15) is 0 Å². The first-order chi connectivity index (χ1) is 10.1. The molecule has 2 nitrogen and oxygen atoms in total. The number of anilines is 1. The van der Waals surface area contributed by atoms with Crippen LogP contribution >= 0.6 is 35.0 Å². The number of carbonyl (C=O) groups is 1. The Morgan fingerprint density at radius 1 is 1.10 bits per heavy atom. The molecule has 5 heteroatoms. The van der Waals surface area contributed by atoms with E-state index < -0.39 is 0 Å². The predicted octanol–water partition coefficient (Wildman–Crippen LogP) is 5.25. The van der Waals surface area contributed by atoms with E-state index in [-0.39, 0.29) is 11.2 Å². The van der Waals surface area contributed by atoms with E-state index in [9.17, 15) is 4.79 Å². The second-order valence-electron chi connectivity index (χ2n) is 4.52. The summed E-state index contributed by atoms with van der Waals surface area (Å²) in [6.45, 7) is 1.87. The lowest BCUT2D eigenvalue weighted by Crippen LogP contribution is -2.23. The molecule has 0 aliphatic heterocycles. The van der Waals surface area contributed by atoms with Crippen molar-refractivity contribution in [2.24, 2.45) is 0 Å². The molecule has 0 aliphatic carbocycles. The standard InChI is InChI=1S/C16H15Cl2NOS/c1-11(21-10-12-6-3-2-4-7-12)16(20)19-15-13(17)8-5-9-14(15)18/h2-9,11H,10H2,1H3,(H,19,20)/t11-/m0/s1. The second-order valence-corrected chi connectivity index (χ2v) is 6.67. The maximum absolute atomic E-state index is 12.2. The Morgan fingerprint density at radius 3 is 2.33 bits per heavy atom. The molecule has 0 fully saturated rings. The molecule has 1 amide bonds. The highest BCUT2D eigenvalue weighted by Gasteiger charge is 2.16. The average Bonchev–Trinajstić information content (AvgIpc) is 2.49. The van der Waals surface area contributed by atoms with Gasteiger partial charge in [-0.25, -0.2) is 0 Å². The van der Waals surface area contributed by atoms with Gasteiger partial charge >= 0.3 is 0 Å². The van der Waals surface area contributed by atoms with Gasteiger partial charge in [-0.05, 0) is 24.6 Å². The van der Waals surface area contributed by atoms with Crippen molar-refractivity contribution in [3.63, 3.8) is 0 Å². The summed E-state index contributed by atoms with van der Waals surface area (Å²) in [6, 6.07) is 15.2. The highest BCUT2D eigenvalue weighted by Crippen LogP contribution is 2.30. The molecule has 0 heterocycles. The number of halogens is 2. The Morgan fingerprint density at radius 2 is 1.71 bits per heavy atom. The molecule has 1 atom stereocenters. The van der Waals surface area contributed by atoms with Gasteiger partial charge in [-0.15, -0.1) is 11.8 Å². The third-order valence-electron chi connectivity index (χ3n) is 2.92. The van der Waals surface area contributed by atoms with E-state index >= 15 is 0 Å². The first-order valence-corrected chi connectivity index (χ1v) is 8.29. The zero-order valence-electron chi connectivity index (χ0n) is 11.5. The third kappa shape index (κ3) is 4.67. The van der Waals surface area contributed by atoms with E-state index in [0.29, 0.717) is 15.7 Å². The van der Waals surface area contributed by atoms with Crippen LogP contribution in [0.15, 0.2) is 48.5 Å². The van der Waals surface area contributed by atoms with Crippen LogP contribution in [-0.2, 0) is 10.5 Å². The third-order valence-corrected chi connectivity index (χ3v) is 4.77. The van der Waals surface area contributed by atoms with E-state index in [0.717, 1.165) is 5.75 Å². The fourth-order valence-electron chi connectivity index (χ4n) is 1.71. The SMILES string of the molecule is C[C@H](SCc1ccccc1)C(=O)Nc1c(Cl)cccc1Cl. The van der Waals surface area contributed by atoms with Crippen molar-refractivity contribution in [2.45, 2.75) is 17.9 Å². The van der Waals surface area contributed by atoms with Crippen LogP contribution < -0.4 is 5.32 Å². The number of carbonyl (C=O) groups excluding carboxylic acids is 1. The number of amides is 1. The lowest BCUT2D eigenvalue weighted by Gasteiger charge is -2.14. The van der Waals surface area contributed by atoms with Gasteiger partial charge in [0.1, 0.15) is 0 Å². The topological polar surface area (TPSA) is 29.1 Å². The highest BCUT2D eigenvalue weighted by atomic mass is 35.5. The molecule has 0 saturated heterocycles. The van der Waals surface area contributed by atoms with Crippen LogP contribution in [0.2, 0.25) is 10.0 Å². The summed E-state index contributed by atoms with van der Waals surface area (Å²) in [5.41, 5.74) is 1.66. The number of hydrogen-bond donors (Lipinski definition) is 1. The monoisotopic (exact) mass is 339 g/mol. The highest BCUT2D eigenvalue weighted by molar-refractivity contribution is 7.99. The van der Waals surface area contributed by atoms with Crippen molar-refractivity contribution in [1.82, 2.24) is 0 Å². The molecular formula is C16H15Cl2NOS. The van der Waals surface area contributed by atoms with Gasteiger partial charge in [-0.3, -0.25) is 4.79 Å². The van der Waals surface area contributed by atoms with Crippen LogP contribution in [0.5, 0.6) is 0 Å². The average molecular weight is 340 g/mol. The van der Waals surface area contributed by atoms with Gasteiger partial charge < -0.3 is 5.32 Å². The Kier molecular flexibility index (Phi) is 5.97. The van der Waals surface area contributed by atoms with Crippen molar-refractivity contribution in [3.8, 4) is 0 Å². The van der Waals surface area contributed by atoms with Gasteiger partial charge in [0, 0.05) is 5.75 Å². The van der Waals surface area contributed by atoms with Gasteiger partial charge in [0.15, 0.2) is 0 Å². The normalized spacial score (nSPS) is 12.0. The first kappa shape index (κ1) is 16.2. The summed E-state index contributed by atoms with van der Waals surface area (Å²) in [7, 11) is 0. The van der Waals surface area contributed by atoms with E-state index in [4.69, 9.17) is 23.2 Å². The van der Waals surface area contributed by atoms with Crippen molar-refractivity contribution >= 4 is 46.6 Å². The smallest absolute Gasteiger partial charge is 0.237 e. The number of thioether (sulfide) groups is 1. The summed E-state index contributed by atoms with van der Waals surface area (Å²) < 4.78 is 0. The van der Waals surface area contributed by atoms with Crippen molar-refractivity contribution in [2.75, 3.05) is 5.32 Å². The summed E-state index contributed by atoms with van der Waals surface area (Å²) >= 11 is 13.7. The molecule has 2 aromatic rings. The number of rotatable bonds is 5. The minimum Gasteiger partial charge on any atom is -0.323 e. The number of nitrogens with one attached hydrogen (secondary N) is 1. The fourth-order valence-corrected chi connectivity index (χ4v) is 3.05. The Bertz CT molecular complexity index is 599. The maximum atomic E-state index is 12.2. The minimum absolute atomic E-state index is 0.106. The van der Waals surface area contributed by atoms with Crippen LogP contribution in [0.25, 0.3) is 0 Å². The Labute approximate surface area is 138 Å². The molecule has 0 radical (unpaired) electrons. The molecule has 0 spiro atoms. The van der Waals surface area contributed by atoms with E-state index in [2.05, 4.69) is 5.32 Å². The van der Waals surface area contributed by atoms with Crippen LogP contribution in [0.1, 0.15) is 12.5 Å². The Hall–Kier alpha value is -1.16. The zero-order valence-corrected chi connectivity index (χ0v) is 13.8. The van der Waals surface area contributed by atoms with E-state index in [1.165, 1.54) is 5.56 Å². The predicted molar refractivity (Wildman–Crippen MR) is 92.3 cm³/mol. The minimum atomic E-state index is -0.197. The largest absolute Gasteiger partial charge is 0.323 e. The van der Waals surface area contributed by atoms with Crippen molar-refractivity contribution in [1.29, 1.82) is 0 Å². The van der Waals surface area contributed by atoms with Gasteiger partial charge in [0.05, 0.1) is 21.0 Å². The van der Waals surface area contributed by atoms with E-state index in [1.807, 2.05) is 37.3 Å². The van der Waals surface area contributed by atoms with Crippen LogP contribution in [0.4, 0.5) is 5.69 Å². The van der Waals surface area contributed by atoms with Crippen LogP contribution in [-0.4, -0.2) is 11.2 Å². The molecular weight excluding hydrogens is 325 g/mol. The number of benzene rings is 2. The van der Waals surface area contributed by atoms with Gasteiger partial charge in [0.2, 0.25) is 5.91 Å². The summed E-state index contributed by atoms with van der Waals surface area (Å²) in [4.78, 5) is 12.2. The van der Waals surface area contributed by atoms with Crippen LogP contribution in [0.3, 0.4) is 0 Å². The van der Waals surface area contributed by atoms with Crippen LogP contribution in [0, 0.1) is 0 Å². The lowest BCUT2D eigenvalue weighted by molar-refractivity contribution is -0.115. The Balaban J connectivity index is 1.94. The number of hydrogen-bond acceptors (Lipinski definition) is 2. The van der Waals surface area contributed by atoms with Gasteiger partial charge in [0.25, 0.3) is 0 Å². The molecule has 1 N–H and O–H groups in total. The molecule has 0 aliphatic rings. The summed E-state index contributed by atoms with van der Waals surface area (Å²) in [5.74, 6) is 0.678. The lowest BCUT2D eigenvalue weighted by atomic mass is 10.2. The quantitative estimate of drug-likeness (QED) is 0.805. The molecule has 0 bridgehead atoms. The second kappa shape index (κ2) is 7.74. The zero-order chi connectivity index (χ0) is 15.2. The molecule has 110 valence electrons. The first-order valence-electron chi connectivity index (χ1n) is 6.48.